The second-order valence-electron chi connectivity index (χ2n) is 5.06. The van der Waals surface area contributed by atoms with Crippen molar-refractivity contribution in [3.8, 4) is 0 Å². The number of carbonyl (C=O) groups excluding carboxylic acids is 1. The van der Waals surface area contributed by atoms with E-state index in [-0.39, 0.29) is 11.7 Å². The Labute approximate surface area is 113 Å². The molecule has 0 aliphatic carbocycles. The van der Waals surface area contributed by atoms with Crippen LogP contribution >= 0.6 is 0 Å². The van der Waals surface area contributed by atoms with Crippen molar-refractivity contribution in [3.63, 3.8) is 0 Å². The minimum atomic E-state index is -1.03. The van der Waals surface area contributed by atoms with E-state index in [4.69, 9.17) is 9.52 Å². The molecule has 2 N–H and O–H groups in total. The molecule has 0 aliphatic rings. The third-order valence-electron chi connectivity index (χ3n) is 2.88. The number of amides is 1. The predicted molar refractivity (Wildman–Crippen MR) is 71.2 cm³/mol. The fourth-order valence-electron chi connectivity index (χ4n) is 1.90. The summed E-state index contributed by atoms with van der Waals surface area (Å²) in [7, 11) is 0. The third kappa shape index (κ3) is 4.12. The van der Waals surface area contributed by atoms with E-state index < -0.39 is 17.9 Å². The maximum atomic E-state index is 12.0. The van der Waals surface area contributed by atoms with Gasteiger partial charge in [0.15, 0.2) is 5.76 Å². The lowest BCUT2D eigenvalue weighted by molar-refractivity contribution is -0.139. The number of nitrogens with one attached hydrogen (secondary N) is 1. The van der Waals surface area contributed by atoms with Crippen molar-refractivity contribution in [1.82, 2.24) is 5.32 Å². The third-order valence-corrected chi connectivity index (χ3v) is 2.88. The topological polar surface area (TPSA) is 79.5 Å². The van der Waals surface area contributed by atoms with Gasteiger partial charge in [-0.25, -0.2) is 4.79 Å². The highest BCUT2D eigenvalue weighted by molar-refractivity contribution is 5.94. The zero-order chi connectivity index (χ0) is 14.6. The van der Waals surface area contributed by atoms with Crippen LogP contribution in [0.3, 0.4) is 0 Å². The van der Waals surface area contributed by atoms with Crippen LogP contribution in [0.4, 0.5) is 0 Å². The molecular formula is C14H21NO4. The zero-order valence-electron chi connectivity index (χ0n) is 11.8. The Morgan fingerprint density at radius 2 is 2.05 bits per heavy atom. The van der Waals surface area contributed by atoms with Crippen LogP contribution < -0.4 is 5.32 Å². The standard InChI is InChI=1S/C14H21NO4/c1-5-11-9(4)7-12(19-11)13(16)15-10(14(17)18)6-8(2)3/h7-8,10H,5-6H2,1-4H3,(H,15,16)(H,17,18)/t10-/m0/s1. The molecule has 0 fully saturated rings. The van der Waals surface area contributed by atoms with E-state index in [2.05, 4.69) is 5.32 Å². The van der Waals surface area contributed by atoms with Crippen LogP contribution in [0, 0.1) is 12.8 Å². The molecule has 0 aliphatic heterocycles. The number of aliphatic carboxylic acids is 1. The Morgan fingerprint density at radius 1 is 1.42 bits per heavy atom. The molecule has 1 rings (SSSR count). The van der Waals surface area contributed by atoms with Crippen LogP contribution in [0.2, 0.25) is 0 Å². The van der Waals surface area contributed by atoms with Gasteiger partial charge >= 0.3 is 5.97 Å². The lowest BCUT2D eigenvalue weighted by Crippen LogP contribution is -2.41. The summed E-state index contributed by atoms with van der Waals surface area (Å²) in [5.41, 5.74) is 0.906. The van der Waals surface area contributed by atoms with Crippen LogP contribution in [-0.4, -0.2) is 23.0 Å². The van der Waals surface area contributed by atoms with Crippen molar-refractivity contribution in [1.29, 1.82) is 0 Å². The minimum absolute atomic E-state index is 0.171. The number of carboxylic acid groups (broad SMARTS) is 1. The molecule has 5 nitrogen and oxygen atoms in total. The lowest BCUT2D eigenvalue weighted by Gasteiger charge is -2.15. The predicted octanol–water partition coefficient (Wildman–Crippen LogP) is 2.38. The summed E-state index contributed by atoms with van der Waals surface area (Å²) >= 11 is 0. The number of hydrogen-bond acceptors (Lipinski definition) is 3. The number of furan rings is 1. The number of carboxylic acids is 1. The van der Waals surface area contributed by atoms with Gasteiger partial charge in [0.25, 0.3) is 5.91 Å². The van der Waals surface area contributed by atoms with E-state index >= 15 is 0 Å². The number of hydrogen-bond donors (Lipinski definition) is 2. The Hall–Kier alpha value is -1.78. The van der Waals surface area contributed by atoms with Crippen LogP contribution in [0.1, 0.15) is 49.1 Å². The summed E-state index contributed by atoms with van der Waals surface area (Å²) in [5.74, 6) is -0.395. The number of rotatable bonds is 6. The number of aryl methyl sites for hydroxylation is 2. The monoisotopic (exact) mass is 267 g/mol. The van der Waals surface area contributed by atoms with Gasteiger partial charge in [0.05, 0.1) is 0 Å². The molecule has 0 spiro atoms. The number of carbonyl (C=O) groups is 2. The van der Waals surface area contributed by atoms with E-state index in [1.165, 1.54) is 0 Å². The fraction of sp³-hybridized carbons (Fsp3) is 0.571. The van der Waals surface area contributed by atoms with Crippen LogP contribution in [0.5, 0.6) is 0 Å². The zero-order valence-corrected chi connectivity index (χ0v) is 11.8. The molecule has 0 saturated carbocycles. The molecule has 0 bridgehead atoms. The molecule has 1 heterocycles. The van der Waals surface area contributed by atoms with Crippen LogP contribution in [-0.2, 0) is 11.2 Å². The van der Waals surface area contributed by atoms with Gasteiger partial charge in [-0.15, -0.1) is 0 Å². The SMILES string of the molecule is CCc1oc(C(=O)N[C@@H](CC(C)C)C(=O)O)cc1C. The first-order valence-corrected chi connectivity index (χ1v) is 6.48. The Kier molecular flexibility index (Phi) is 5.15. The molecular weight excluding hydrogens is 246 g/mol. The molecule has 1 aromatic rings. The highest BCUT2D eigenvalue weighted by Gasteiger charge is 2.23. The van der Waals surface area contributed by atoms with Crippen molar-refractivity contribution in [2.45, 2.75) is 46.6 Å². The molecule has 0 unspecified atom stereocenters. The van der Waals surface area contributed by atoms with E-state index in [9.17, 15) is 9.59 Å². The molecule has 1 amide bonds. The quantitative estimate of drug-likeness (QED) is 0.829. The summed E-state index contributed by atoms with van der Waals surface area (Å²) in [6.07, 6.45) is 1.09. The van der Waals surface area contributed by atoms with Gasteiger partial charge in [-0.1, -0.05) is 20.8 Å². The highest BCUT2D eigenvalue weighted by Crippen LogP contribution is 2.15. The molecule has 5 heteroatoms. The van der Waals surface area contributed by atoms with E-state index in [1.807, 2.05) is 27.7 Å². The van der Waals surface area contributed by atoms with Gasteiger partial charge in [0, 0.05) is 6.42 Å². The lowest BCUT2D eigenvalue weighted by atomic mass is 10.0. The van der Waals surface area contributed by atoms with Gasteiger partial charge in [0.1, 0.15) is 11.8 Å². The molecule has 0 radical (unpaired) electrons. The molecule has 106 valence electrons. The average molecular weight is 267 g/mol. The van der Waals surface area contributed by atoms with Crippen molar-refractivity contribution in [3.05, 3.63) is 23.2 Å². The fourth-order valence-corrected chi connectivity index (χ4v) is 1.90. The van der Waals surface area contributed by atoms with E-state index in [1.54, 1.807) is 6.07 Å². The second kappa shape index (κ2) is 6.41. The van der Waals surface area contributed by atoms with Gasteiger partial charge in [-0.3, -0.25) is 4.79 Å². The minimum Gasteiger partial charge on any atom is -0.480 e. The van der Waals surface area contributed by atoms with Gasteiger partial charge in [0.2, 0.25) is 0 Å². The maximum absolute atomic E-state index is 12.0. The van der Waals surface area contributed by atoms with Crippen LogP contribution in [0.15, 0.2) is 10.5 Å². The first-order valence-electron chi connectivity index (χ1n) is 6.48. The summed E-state index contributed by atoms with van der Waals surface area (Å²) in [6.45, 7) is 7.62. The summed E-state index contributed by atoms with van der Waals surface area (Å²) < 4.78 is 5.41. The van der Waals surface area contributed by atoms with Crippen LogP contribution in [0.25, 0.3) is 0 Å². The van der Waals surface area contributed by atoms with Crippen molar-refractivity contribution < 1.29 is 19.1 Å². The normalized spacial score (nSPS) is 12.5. The van der Waals surface area contributed by atoms with Crippen molar-refractivity contribution >= 4 is 11.9 Å². The second-order valence-corrected chi connectivity index (χ2v) is 5.06. The molecule has 1 aromatic heterocycles. The molecule has 1 atom stereocenters. The van der Waals surface area contributed by atoms with Gasteiger partial charge in [-0.2, -0.15) is 0 Å². The molecule has 0 saturated heterocycles. The smallest absolute Gasteiger partial charge is 0.326 e. The Morgan fingerprint density at radius 3 is 2.47 bits per heavy atom. The average Bonchev–Trinajstić information content (AvgIpc) is 2.69. The van der Waals surface area contributed by atoms with Gasteiger partial charge < -0.3 is 14.8 Å². The molecule has 19 heavy (non-hydrogen) atoms. The molecule has 0 aromatic carbocycles. The summed E-state index contributed by atoms with van der Waals surface area (Å²) in [5, 5.41) is 11.6. The Bertz CT molecular complexity index is 462. The first kappa shape index (κ1) is 15.3. The highest BCUT2D eigenvalue weighted by atomic mass is 16.4. The first-order chi connectivity index (χ1) is 8.85. The maximum Gasteiger partial charge on any atom is 0.326 e. The van der Waals surface area contributed by atoms with Crippen molar-refractivity contribution in [2.24, 2.45) is 5.92 Å². The van der Waals surface area contributed by atoms with E-state index in [0.29, 0.717) is 12.8 Å². The van der Waals surface area contributed by atoms with Gasteiger partial charge in [-0.05, 0) is 30.9 Å². The summed E-state index contributed by atoms with van der Waals surface area (Å²) in [4.78, 5) is 23.0. The summed E-state index contributed by atoms with van der Waals surface area (Å²) in [6, 6.07) is 0.755. The Balaban J connectivity index is 2.78. The van der Waals surface area contributed by atoms with E-state index in [0.717, 1.165) is 11.3 Å². The largest absolute Gasteiger partial charge is 0.480 e. The van der Waals surface area contributed by atoms with Crippen molar-refractivity contribution in [2.75, 3.05) is 0 Å².